The van der Waals surface area contributed by atoms with E-state index in [1.54, 1.807) is 25.1 Å². The van der Waals surface area contributed by atoms with E-state index in [2.05, 4.69) is 15.0 Å². The van der Waals surface area contributed by atoms with E-state index >= 15 is 0 Å². The molecule has 27 heavy (non-hydrogen) atoms. The first kappa shape index (κ1) is 19.1. The SMILES string of the molecule is CNC(=O)C1C=Nc2ccc(S(=O)(=O)Nc3cccc(Cl)c3C)cc2C1=O. The van der Waals surface area contributed by atoms with Gasteiger partial charge in [-0.05, 0) is 42.8 Å². The van der Waals surface area contributed by atoms with Crippen molar-refractivity contribution < 1.29 is 18.0 Å². The van der Waals surface area contributed by atoms with Crippen molar-refractivity contribution in [1.29, 1.82) is 0 Å². The molecule has 0 radical (unpaired) electrons. The fourth-order valence-electron chi connectivity index (χ4n) is 2.65. The van der Waals surface area contributed by atoms with Gasteiger partial charge in [0, 0.05) is 23.8 Å². The van der Waals surface area contributed by atoms with E-state index in [4.69, 9.17) is 11.6 Å². The van der Waals surface area contributed by atoms with Gasteiger partial charge >= 0.3 is 0 Å². The molecule has 2 aromatic carbocycles. The predicted molar refractivity (Wildman–Crippen MR) is 103 cm³/mol. The minimum absolute atomic E-state index is 0.0804. The molecule has 0 bridgehead atoms. The topological polar surface area (TPSA) is 105 Å². The van der Waals surface area contributed by atoms with Gasteiger partial charge in [0.2, 0.25) is 5.91 Å². The predicted octanol–water partition coefficient (Wildman–Crippen LogP) is 2.71. The fourth-order valence-corrected chi connectivity index (χ4v) is 3.97. The molecule has 3 rings (SSSR count). The Kier molecular flexibility index (Phi) is 5.03. The van der Waals surface area contributed by atoms with Gasteiger partial charge in [-0.3, -0.25) is 19.3 Å². The molecule has 1 amide bonds. The van der Waals surface area contributed by atoms with E-state index in [1.165, 1.54) is 31.5 Å². The fraction of sp³-hybridized carbons (Fsp3) is 0.167. The summed E-state index contributed by atoms with van der Waals surface area (Å²) in [4.78, 5) is 28.4. The number of hydrogen-bond donors (Lipinski definition) is 2. The number of halogens is 1. The lowest BCUT2D eigenvalue weighted by Gasteiger charge is -2.17. The molecule has 1 aliphatic rings. The van der Waals surface area contributed by atoms with Crippen molar-refractivity contribution >= 4 is 50.9 Å². The van der Waals surface area contributed by atoms with Gasteiger partial charge in [0.15, 0.2) is 5.78 Å². The maximum absolute atomic E-state index is 12.7. The maximum atomic E-state index is 12.7. The number of nitrogens with zero attached hydrogens (tertiary/aromatic N) is 1. The van der Waals surface area contributed by atoms with Crippen molar-refractivity contribution in [1.82, 2.24) is 5.32 Å². The van der Waals surface area contributed by atoms with E-state index < -0.39 is 27.6 Å². The third-order valence-electron chi connectivity index (χ3n) is 4.23. The molecule has 2 aromatic rings. The Morgan fingerprint density at radius 2 is 1.96 bits per heavy atom. The molecule has 140 valence electrons. The summed E-state index contributed by atoms with van der Waals surface area (Å²) in [5.41, 5.74) is 1.32. The van der Waals surface area contributed by atoms with Gasteiger partial charge in [0.1, 0.15) is 5.92 Å². The zero-order valence-corrected chi connectivity index (χ0v) is 16.1. The Labute approximate surface area is 161 Å². The number of fused-ring (bicyclic) bond motifs is 1. The van der Waals surface area contributed by atoms with Crippen molar-refractivity contribution in [3.05, 3.63) is 52.5 Å². The molecule has 1 aliphatic heterocycles. The lowest BCUT2D eigenvalue weighted by Crippen LogP contribution is -2.35. The molecule has 7 nitrogen and oxygen atoms in total. The number of carbonyl (C=O) groups is 2. The summed E-state index contributed by atoms with van der Waals surface area (Å²) in [5.74, 6) is -2.09. The molecule has 0 saturated heterocycles. The molecular formula is C18H16ClN3O4S. The summed E-state index contributed by atoms with van der Waals surface area (Å²) >= 11 is 6.03. The number of nitrogens with one attached hydrogen (secondary N) is 2. The lowest BCUT2D eigenvalue weighted by molar-refractivity contribution is -0.121. The smallest absolute Gasteiger partial charge is 0.261 e. The molecule has 0 spiro atoms. The summed E-state index contributed by atoms with van der Waals surface area (Å²) in [6.07, 6.45) is 1.26. The minimum Gasteiger partial charge on any atom is -0.358 e. The number of benzene rings is 2. The van der Waals surface area contributed by atoms with Crippen LogP contribution in [0, 0.1) is 12.8 Å². The number of Topliss-reactive ketones (excluding diaryl/α,β-unsaturated/α-hetero) is 1. The second-order valence-electron chi connectivity index (χ2n) is 5.93. The highest BCUT2D eigenvalue weighted by Gasteiger charge is 2.31. The number of aliphatic imine (C=N–C) groups is 1. The number of hydrogen-bond acceptors (Lipinski definition) is 5. The Hall–Kier alpha value is -2.71. The first-order valence-corrected chi connectivity index (χ1v) is 9.82. The lowest BCUT2D eigenvalue weighted by atomic mass is 9.94. The zero-order chi connectivity index (χ0) is 19.8. The van der Waals surface area contributed by atoms with Crippen LogP contribution in [-0.4, -0.2) is 33.4 Å². The second kappa shape index (κ2) is 7.13. The van der Waals surface area contributed by atoms with Crippen molar-refractivity contribution in [2.24, 2.45) is 10.9 Å². The third-order valence-corrected chi connectivity index (χ3v) is 6.00. The Morgan fingerprint density at radius 3 is 2.67 bits per heavy atom. The average Bonchev–Trinajstić information content (AvgIpc) is 2.65. The van der Waals surface area contributed by atoms with E-state index in [9.17, 15) is 18.0 Å². The van der Waals surface area contributed by atoms with Gasteiger partial charge in [-0.25, -0.2) is 8.42 Å². The van der Waals surface area contributed by atoms with Crippen LogP contribution in [0.1, 0.15) is 15.9 Å². The number of anilines is 1. The molecule has 1 atom stereocenters. The molecular weight excluding hydrogens is 390 g/mol. The number of rotatable bonds is 4. The molecule has 9 heteroatoms. The van der Waals surface area contributed by atoms with Crippen molar-refractivity contribution in [2.45, 2.75) is 11.8 Å². The van der Waals surface area contributed by atoms with E-state index in [0.717, 1.165) is 0 Å². The van der Waals surface area contributed by atoms with Crippen LogP contribution in [0.25, 0.3) is 0 Å². The summed E-state index contributed by atoms with van der Waals surface area (Å²) in [7, 11) is -2.55. The highest BCUT2D eigenvalue weighted by molar-refractivity contribution is 7.92. The van der Waals surface area contributed by atoms with Crippen LogP contribution in [-0.2, 0) is 14.8 Å². The Morgan fingerprint density at radius 1 is 1.22 bits per heavy atom. The van der Waals surface area contributed by atoms with Crippen LogP contribution in [0.5, 0.6) is 0 Å². The minimum atomic E-state index is -3.97. The molecule has 0 aliphatic carbocycles. The largest absolute Gasteiger partial charge is 0.358 e. The Bertz CT molecular complexity index is 1080. The number of sulfonamides is 1. The molecule has 0 fully saturated rings. The zero-order valence-electron chi connectivity index (χ0n) is 14.5. The molecule has 1 heterocycles. The maximum Gasteiger partial charge on any atom is 0.261 e. The highest BCUT2D eigenvalue weighted by atomic mass is 35.5. The molecule has 1 unspecified atom stereocenters. The van der Waals surface area contributed by atoms with Gasteiger partial charge in [-0.2, -0.15) is 0 Å². The number of amides is 1. The third kappa shape index (κ3) is 3.58. The summed E-state index contributed by atoms with van der Waals surface area (Å²) in [6, 6.07) is 8.89. The molecule has 0 aromatic heterocycles. The summed E-state index contributed by atoms with van der Waals surface area (Å²) in [6.45, 7) is 1.69. The highest BCUT2D eigenvalue weighted by Crippen LogP contribution is 2.30. The van der Waals surface area contributed by atoms with Crippen molar-refractivity contribution in [3.63, 3.8) is 0 Å². The van der Waals surface area contributed by atoms with Crippen LogP contribution >= 0.6 is 11.6 Å². The van der Waals surface area contributed by atoms with Gasteiger partial charge in [-0.15, -0.1) is 0 Å². The van der Waals surface area contributed by atoms with Crippen molar-refractivity contribution in [3.8, 4) is 0 Å². The average molecular weight is 406 g/mol. The van der Waals surface area contributed by atoms with E-state index in [0.29, 0.717) is 22.0 Å². The number of ketones is 1. The first-order valence-electron chi connectivity index (χ1n) is 7.96. The Balaban J connectivity index is 1.98. The molecule has 2 N–H and O–H groups in total. The van der Waals surface area contributed by atoms with Crippen LogP contribution in [0.3, 0.4) is 0 Å². The van der Waals surface area contributed by atoms with Gasteiger partial charge in [0.25, 0.3) is 10.0 Å². The van der Waals surface area contributed by atoms with Gasteiger partial charge in [-0.1, -0.05) is 17.7 Å². The normalized spacial score (nSPS) is 16.0. The van der Waals surface area contributed by atoms with Crippen LogP contribution in [0.15, 0.2) is 46.3 Å². The molecule has 0 saturated carbocycles. The van der Waals surface area contributed by atoms with Crippen LogP contribution < -0.4 is 10.0 Å². The summed E-state index contributed by atoms with van der Waals surface area (Å²) < 4.78 is 28.0. The van der Waals surface area contributed by atoms with Gasteiger partial charge in [0.05, 0.1) is 16.3 Å². The van der Waals surface area contributed by atoms with Crippen LogP contribution in [0.2, 0.25) is 5.02 Å². The quantitative estimate of drug-likeness (QED) is 0.763. The first-order chi connectivity index (χ1) is 12.7. The summed E-state index contributed by atoms with van der Waals surface area (Å²) in [5, 5.41) is 2.82. The number of carbonyl (C=O) groups excluding carboxylic acids is 2. The second-order valence-corrected chi connectivity index (χ2v) is 8.02. The van der Waals surface area contributed by atoms with E-state index in [1.807, 2.05) is 0 Å². The van der Waals surface area contributed by atoms with Crippen LogP contribution in [0.4, 0.5) is 11.4 Å². The van der Waals surface area contributed by atoms with Gasteiger partial charge < -0.3 is 5.32 Å². The monoisotopic (exact) mass is 405 g/mol. The van der Waals surface area contributed by atoms with E-state index in [-0.39, 0.29) is 10.5 Å². The standard InChI is InChI=1S/C18H16ClN3O4S/c1-10-14(19)4-3-5-15(10)22-27(25,26)11-6-7-16-12(8-11)17(23)13(9-21-16)18(24)20-2/h3-9,13,22H,1-2H3,(H,20,24). The van der Waals surface area contributed by atoms with Crippen molar-refractivity contribution in [2.75, 3.05) is 11.8 Å².